The van der Waals surface area contributed by atoms with E-state index in [1.165, 1.54) is 51.8 Å². The van der Waals surface area contributed by atoms with Crippen molar-refractivity contribution >= 4 is 18.4 Å². The number of aliphatic hydroxyl groups is 1. The summed E-state index contributed by atoms with van der Waals surface area (Å²) in [4.78, 5) is 0. The van der Waals surface area contributed by atoms with Crippen LogP contribution in [-0.4, -0.2) is 35.4 Å². The molecule has 2 nitrogen and oxygen atoms in total. The second-order valence-corrected chi connectivity index (χ2v) is 22.9. The molecule has 1 N–H and O–H groups in total. The molecule has 0 bridgehead atoms. The van der Waals surface area contributed by atoms with Gasteiger partial charge in [-0.05, 0) is 0 Å². The SMILES string of the molecule is C=CC1CC([CH](C)[Sn]([CH2]CCC)([CH2]CCC)[CH2]CCC)C(C)(O)O1. The molecule has 24 heavy (non-hydrogen) atoms. The van der Waals surface area contributed by atoms with E-state index in [-0.39, 0.29) is 6.10 Å². The summed E-state index contributed by atoms with van der Waals surface area (Å²) >= 11 is -2.34. The van der Waals surface area contributed by atoms with Crippen molar-refractivity contribution in [3.8, 4) is 0 Å². The third-order valence-electron chi connectivity index (χ3n) is 6.48. The first-order chi connectivity index (χ1) is 11.4. The summed E-state index contributed by atoms with van der Waals surface area (Å²) in [5.41, 5.74) is 0. The normalized spacial score (nSPS) is 28.9. The molecule has 1 heterocycles. The summed E-state index contributed by atoms with van der Waals surface area (Å²) in [5, 5.41) is 10.9. The maximum absolute atomic E-state index is 10.9. The molecule has 1 rings (SSSR count). The molecular weight excluding hydrogens is 403 g/mol. The molecule has 0 saturated carbocycles. The quantitative estimate of drug-likeness (QED) is 0.274. The van der Waals surface area contributed by atoms with E-state index in [1.807, 2.05) is 13.0 Å². The summed E-state index contributed by atoms with van der Waals surface area (Å²) < 4.78 is 11.1. The summed E-state index contributed by atoms with van der Waals surface area (Å²) in [6.07, 6.45) is 10.9. The zero-order chi connectivity index (χ0) is 18.2. The molecular formula is C21H42O2Sn. The molecule has 0 aromatic rings. The predicted octanol–water partition coefficient (Wildman–Crippen LogP) is 6.53. The standard InChI is InChI=1S/C9H15O2.3C4H9.Sn/c1-4-7-6-8(5-2)11-9(7,3)10;3*1-3-4-2;/h4-5,7-8,10H,2,6H2,1,3H3;3*1,3-4H2,2H3;. The molecule has 0 aliphatic carbocycles. The van der Waals surface area contributed by atoms with Crippen LogP contribution < -0.4 is 0 Å². The van der Waals surface area contributed by atoms with Crippen molar-refractivity contribution < 1.29 is 9.84 Å². The van der Waals surface area contributed by atoms with Gasteiger partial charge >= 0.3 is 155 Å². The Labute approximate surface area is 155 Å². The van der Waals surface area contributed by atoms with Gasteiger partial charge in [-0.2, -0.15) is 0 Å². The average molecular weight is 445 g/mol. The van der Waals surface area contributed by atoms with Gasteiger partial charge in [0.1, 0.15) is 0 Å². The number of hydrogen-bond donors (Lipinski definition) is 1. The Morgan fingerprint density at radius 3 is 1.92 bits per heavy atom. The van der Waals surface area contributed by atoms with E-state index in [4.69, 9.17) is 4.74 Å². The number of rotatable bonds is 12. The van der Waals surface area contributed by atoms with Crippen LogP contribution in [0.5, 0.6) is 0 Å². The first-order valence-electron chi connectivity index (χ1n) is 10.4. The third kappa shape index (κ3) is 5.74. The molecule has 142 valence electrons. The van der Waals surface area contributed by atoms with E-state index in [1.54, 1.807) is 0 Å². The van der Waals surface area contributed by atoms with Gasteiger partial charge in [-0.15, -0.1) is 0 Å². The van der Waals surface area contributed by atoms with Crippen molar-refractivity contribution in [2.45, 2.75) is 109 Å². The summed E-state index contributed by atoms with van der Waals surface area (Å²) in [7, 11) is 0. The van der Waals surface area contributed by atoms with Crippen LogP contribution >= 0.6 is 0 Å². The van der Waals surface area contributed by atoms with E-state index in [0.717, 1.165) is 6.42 Å². The predicted molar refractivity (Wildman–Crippen MR) is 108 cm³/mol. The minimum atomic E-state index is -2.34. The molecule has 1 fully saturated rings. The fourth-order valence-corrected chi connectivity index (χ4v) is 23.6. The topological polar surface area (TPSA) is 29.5 Å². The fraction of sp³-hybridized carbons (Fsp3) is 0.905. The van der Waals surface area contributed by atoms with Gasteiger partial charge in [0, 0.05) is 0 Å². The Morgan fingerprint density at radius 2 is 1.58 bits per heavy atom. The Hall–Kier alpha value is 0.459. The van der Waals surface area contributed by atoms with E-state index in [9.17, 15) is 5.11 Å². The van der Waals surface area contributed by atoms with E-state index >= 15 is 0 Å². The maximum atomic E-state index is 10.9. The fourth-order valence-electron chi connectivity index (χ4n) is 4.79. The van der Waals surface area contributed by atoms with Crippen LogP contribution in [0.3, 0.4) is 0 Å². The molecule has 0 aromatic carbocycles. The van der Waals surface area contributed by atoms with Gasteiger partial charge in [-0.25, -0.2) is 0 Å². The Morgan fingerprint density at radius 1 is 1.12 bits per heavy atom. The second kappa shape index (κ2) is 10.6. The van der Waals surface area contributed by atoms with Crippen molar-refractivity contribution in [2.24, 2.45) is 5.92 Å². The molecule has 1 aliphatic rings. The number of hydrogen-bond acceptors (Lipinski definition) is 2. The van der Waals surface area contributed by atoms with Crippen molar-refractivity contribution in [2.75, 3.05) is 0 Å². The van der Waals surface area contributed by atoms with Crippen LogP contribution in [0.15, 0.2) is 12.7 Å². The zero-order valence-electron chi connectivity index (χ0n) is 16.9. The van der Waals surface area contributed by atoms with Crippen LogP contribution in [0.4, 0.5) is 0 Å². The Balaban J connectivity index is 3.06. The van der Waals surface area contributed by atoms with Crippen molar-refractivity contribution in [3.63, 3.8) is 0 Å². The average Bonchev–Trinajstić information content (AvgIpc) is 2.88. The van der Waals surface area contributed by atoms with Gasteiger partial charge in [0.15, 0.2) is 0 Å². The van der Waals surface area contributed by atoms with Crippen LogP contribution in [0.25, 0.3) is 0 Å². The van der Waals surface area contributed by atoms with Crippen LogP contribution in [0, 0.1) is 5.92 Å². The Bertz CT molecular complexity index is 345. The van der Waals surface area contributed by atoms with Gasteiger partial charge in [0.25, 0.3) is 0 Å². The van der Waals surface area contributed by atoms with Gasteiger partial charge in [0.2, 0.25) is 0 Å². The Kier molecular flexibility index (Phi) is 9.91. The molecule has 0 amide bonds. The molecule has 0 spiro atoms. The third-order valence-corrected chi connectivity index (χ3v) is 24.7. The molecule has 1 saturated heterocycles. The molecule has 1 aliphatic heterocycles. The van der Waals surface area contributed by atoms with Gasteiger partial charge < -0.3 is 0 Å². The molecule has 4 unspecified atom stereocenters. The molecule has 4 atom stereocenters. The molecule has 0 aromatic heterocycles. The summed E-state index contributed by atoms with van der Waals surface area (Å²) in [6, 6.07) is 0. The summed E-state index contributed by atoms with van der Waals surface area (Å²) in [6.45, 7) is 15.2. The number of unbranched alkanes of at least 4 members (excludes halogenated alkanes) is 3. The monoisotopic (exact) mass is 446 g/mol. The van der Waals surface area contributed by atoms with Crippen molar-refractivity contribution in [1.82, 2.24) is 0 Å². The number of ether oxygens (including phenoxy) is 1. The molecule has 3 heteroatoms. The van der Waals surface area contributed by atoms with E-state index in [2.05, 4.69) is 34.3 Å². The van der Waals surface area contributed by atoms with E-state index in [0.29, 0.717) is 9.85 Å². The van der Waals surface area contributed by atoms with Crippen LogP contribution in [-0.2, 0) is 4.74 Å². The van der Waals surface area contributed by atoms with Gasteiger partial charge in [-0.3, -0.25) is 0 Å². The zero-order valence-corrected chi connectivity index (χ0v) is 19.8. The van der Waals surface area contributed by atoms with Crippen LogP contribution in [0.1, 0.15) is 79.6 Å². The van der Waals surface area contributed by atoms with Crippen molar-refractivity contribution in [3.05, 3.63) is 12.7 Å². The summed E-state index contributed by atoms with van der Waals surface area (Å²) in [5.74, 6) is -0.674. The minimum absolute atomic E-state index is 0.0277. The second-order valence-electron chi connectivity index (χ2n) is 8.25. The molecule has 0 radical (unpaired) electrons. The first-order valence-corrected chi connectivity index (χ1v) is 18.1. The van der Waals surface area contributed by atoms with Crippen LogP contribution in [0.2, 0.25) is 17.2 Å². The van der Waals surface area contributed by atoms with Gasteiger partial charge in [0.05, 0.1) is 0 Å². The van der Waals surface area contributed by atoms with Crippen molar-refractivity contribution in [1.29, 1.82) is 0 Å². The van der Waals surface area contributed by atoms with E-state index < -0.39 is 24.2 Å². The first kappa shape index (κ1) is 22.5. The van der Waals surface area contributed by atoms with Gasteiger partial charge in [-0.1, -0.05) is 0 Å².